The van der Waals surface area contributed by atoms with E-state index in [0.29, 0.717) is 55.4 Å². The van der Waals surface area contributed by atoms with Gasteiger partial charge in [0, 0.05) is 44.0 Å². The first-order valence-corrected chi connectivity index (χ1v) is 11.3. The fourth-order valence-electron chi connectivity index (χ4n) is 4.78. The SMILES string of the molecule is CCn1c(C)cc(O)c([C@H](c2ccccc2OC)N2CCN(c3ccccc3F)CC2)c1=O. The number of aromatic nitrogens is 1. The van der Waals surface area contributed by atoms with Gasteiger partial charge in [-0.3, -0.25) is 9.69 Å². The lowest BCUT2D eigenvalue weighted by atomic mass is 9.95. The van der Waals surface area contributed by atoms with E-state index in [2.05, 4.69) is 4.90 Å². The number of ether oxygens (including phenoxy) is 1. The summed E-state index contributed by atoms with van der Waals surface area (Å²) in [5.74, 6) is 0.394. The Kier molecular flexibility index (Phi) is 6.70. The molecule has 0 radical (unpaired) electrons. The van der Waals surface area contributed by atoms with Crippen LogP contribution in [0.2, 0.25) is 0 Å². The molecule has 174 valence electrons. The predicted octanol–water partition coefficient (Wildman–Crippen LogP) is 3.94. The molecule has 7 heteroatoms. The molecule has 0 aliphatic carbocycles. The van der Waals surface area contributed by atoms with Gasteiger partial charge in [0.15, 0.2) is 0 Å². The van der Waals surface area contributed by atoms with Gasteiger partial charge in [0.05, 0.1) is 24.4 Å². The normalized spacial score (nSPS) is 15.5. The molecule has 0 saturated carbocycles. The molecular weight excluding hydrogens is 421 g/mol. The Bertz CT molecular complexity index is 1190. The van der Waals surface area contributed by atoms with E-state index in [-0.39, 0.29) is 17.1 Å². The fourth-order valence-corrected chi connectivity index (χ4v) is 4.78. The van der Waals surface area contributed by atoms with Crippen LogP contribution in [0.1, 0.15) is 29.8 Å². The second kappa shape index (κ2) is 9.67. The van der Waals surface area contributed by atoms with Crippen molar-refractivity contribution in [1.82, 2.24) is 9.47 Å². The van der Waals surface area contributed by atoms with Crippen molar-refractivity contribution in [2.24, 2.45) is 0 Å². The highest BCUT2D eigenvalue weighted by Gasteiger charge is 2.33. The van der Waals surface area contributed by atoms with Crippen LogP contribution in [0.5, 0.6) is 11.5 Å². The van der Waals surface area contributed by atoms with Crippen molar-refractivity contribution >= 4 is 5.69 Å². The van der Waals surface area contributed by atoms with E-state index in [9.17, 15) is 14.3 Å². The number of aromatic hydroxyl groups is 1. The van der Waals surface area contributed by atoms with Crippen molar-refractivity contribution in [3.8, 4) is 11.5 Å². The van der Waals surface area contributed by atoms with Crippen LogP contribution >= 0.6 is 0 Å². The lowest BCUT2D eigenvalue weighted by molar-refractivity contribution is 0.203. The molecule has 2 heterocycles. The molecule has 1 saturated heterocycles. The predicted molar refractivity (Wildman–Crippen MR) is 128 cm³/mol. The van der Waals surface area contributed by atoms with Crippen LogP contribution < -0.4 is 15.2 Å². The maximum atomic E-state index is 14.3. The molecule has 1 aromatic heterocycles. The number of aryl methyl sites for hydroxylation is 1. The summed E-state index contributed by atoms with van der Waals surface area (Å²) in [6.07, 6.45) is 0. The third kappa shape index (κ3) is 4.33. The number of pyridine rings is 1. The molecule has 1 aliphatic rings. The monoisotopic (exact) mass is 451 g/mol. The molecular formula is C26H30FN3O3. The maximum Gasteiger partial charge on any atom is 0.259 e. The lowest BCUT2D eigenvalue weighted by Crippen LogP contribution is -2.49. The molecule has 1 atom stereocenters. The second-order valence-corrected chi connectivity index (χ2v) is 8.25. The number of hydrogen-bond acceptors (Lipinski definition) is 5. The first-order chi connectivity index (χ1) is 16.0. The number of halogens is 1. The van der Waals surface area contributed by atoms with Gasteiger partial charge in [-0.1, -0.05) is 30.3 Å². The number of piperazine rings is 1. The molecule has 0 spiro atoms. The van der Waals surface area contributed by atoms with E-state index in [1.165, 1.54) is 6.07 Å². The van der Waals surface area contributed by atoms with Gasteiger partial charge in [-0.25, -0.2) is 4.39 Å². The second-order valence-electron chi connectivity index (χ2n) is 8.25. The van der Waals surface area contributed by atoms with Crippen LogP contribution in [0.3, 0.4) is 0 Å². The minimum atomic E-state index is -0.491. The first kappa shape index (κ1) is 22.9. The van der Waals surface area contributed by atoms with Crippen molar-refractivity contribution in [3.05, 3.63) is 87.6 Å². The number of benzene rings is 2. The Morgan fingerprint density at radius 3 is 2.39 bits per heavy atom. The van der Waals surface area contributed by atoms with Crippen molar-refractivity contribution < 1.29 is 14.2 Å². The molecule has 1 fully saturated rings. The van der Waals surface area contributed by atoms with Gasteiger partial charge in [0.25, 0.3) is 5.56 Å². The molecule has 4 rings (SSSR count). The van der Waals surface area contributed by atoms with Gasteiger partial charge in [-0.05, 0) is 38.1 Å². The molecule has 0 amide bonds. The molecule has 33 heavy (non-hydrogen) atoms. The topological polar surface area (TPSA) is 57.9 Å². The summed E-state index contributed by atoms with van der Waals surface area (Å²) in [4.78, 5) is 17.7. The van der Waals surface area contributed by atoms with Crippen LogP contribution in [0.15, 0.2) is 59.4 Å². The summed E-state index contributed by atoms with van der Waals surface area (Å²) >= 11 is 0. The number of anilines is 1. The first-order valence-electron chi connectivity index (χ1n) is 11.3. The Morgan fingerprint density at radius 2 is 1.73 bits per heavy atom. The number of rotatable bonds is 6. The van der Waals surface area contributed by atoms with Gasteiger partial charge in [0.2, 0.25) is 0 Å². The molecule has 0 bridgehead atoms. The van der Waals surface area contributed by atoms with E-state index in [0.717, 1.165) is 5.56 Å². The van der Waals surface area contributed by atoms with Gasteiger partial charge >= 0.3 is 0 Å². The summed E-state index contributed by atoms with van der Waals surface area (Å²) in [6.45, 7) is 6.63. The highest BCUT2D eigenvalue weighted by molar-refractivity contribution is 5.49. The van der Waals surface area contributed by atoms with E-state index in [1.54, 1.807) is 29.9 Å². The van der Waals surface area contributed by atoms with Crippen LogP contribution in [0.4, 0.5) is 10.1 Å². The quantitative estimate of drug-likeness (QED) is 0.615. The van der Waals surface area contributed by atoms with E-state index >= 15 is 0 Å². The average molecular weight is 452 g/mol. The molecule has 6 nitrogen and oxygen atoms in total. The number of nitrogens with zero attached hydrogens (tertiary/aromatic N) is 3. The zero-order chi connectivity index (χ0) is 23.5. The zero-order valence-corrected chi connectivity index (χ0v) is 19.3. The average Bonchev–Trinajstić information content (AvgIpc) is 2.82. The summed E-state index contributed by atoms with van der Waals surface area (Å²) in [7, 11) is 1.60. The molecule has 2 aromatic carbocycles. The van der Waals surface area contributed by atoms with Crippen molar-refractivity contribution in [2.75, 3.05) is 38.2 Å². The summed E-state index contributed by atoms with van der Waals surface area (Å²) < 4.78 is 21.6. The van der Waals surface area contributed by atoms with Gasteiger partial charge in [-0.2, -0.15) is 0 Å². The number of methoxy groups -OCH3 is 1. The van der Waals surface area contributed by atoms with Crippen molar-refractivity contribution in [1.29, 1.82) is 0 Å². The Labute approximate surface area is 193 Å². The Hall–Kier alpha value is -3.32. The Balaban J connectivity index is 1.76. The highest BCUT2D eigenvalue weighted by Crippen LogP contribution is 2.38. The standard InChI is InChI=1S/C26H30FN3O3/c1-4-30-18(2)17-22(31)24(26(30)32)25(19-9-5-8-12-23(19)33-3)29-15-13-28(14-16-29)21-11-7-6-10-20(21)27/h5-12,17,25,31H,4,13-16H2,1-3H3/t25-/m0/s1. The maximum absolute atomic E-state index is 14.3. The van der Waals surface area contributed by atoms with Crippen molar-refractivity contribution in [3.63, 3.8) is 0 Å². The van der Waals surface area contributed by atoms with Gasteiger partial charge in [0.1, 0.15) is 17.3 Å². The minimum Gasteiger partial charge on any atom is -0.507 e. The van der Waals surface area contributed by atoms with Crippen LogP contribution in [0.25, 0.3) is 0 Å². The van der Waals surface area contributed by atoms with Gasteiger partial charge < -0.3 is 19.3 Å². The van der Waals surface area contributed by atoms with Gasteiger partial charge in [-0.15, -0.1) is 0 Å². The smallest absolute Gasteiger partial charge is 0.259 e. The summed E-state index contributed by atoms with van der Waals surface area (Å²) in [5.41, 5.74) is 2.25. The van der Waals surface area contributed by atoms with E-state index < -0.39 is 6.04 Å². The van der Waals surface area contributed by atoms with Crippen molar-refractivity contribution in [2.45, 2.75) is 26.4 Å². The fraction of sp³-hybridized carbons (Fsp3) is 0.346. The molecule has 1 aliphatic heterocycles. The third-order valence-corrected chi connectivity index (χ3v) is 6.42. The third-order valence-electron chi connectivity index (χ3n) is 6.42. The Morgan fingerprint density at radius 1 is 1.06 bits per heavy atom. The summed E-state index contributed by atoms with van der Waals surface area (Å²) in [6, 6.07) is 15.5. The largest absolute Gasteiger partial charge is 0.507 e. The number of hydrogen-bond donors (Lipinski definition) is 1. The molecule has 0 unspecified atom stereocenters. The minimum absolute atomic E-state index is 0.0189. The van der Waals surface area contributed by atoms with Crippen LogP contribution in [0, 0.1) is 12.7 Å². The van der Waals surface area contributed by atoms with Crippen LogP contribution in [-0.4, -0.2) is 47.9 Å². The summed E-state index contributed by atoms with van der Waals surface area (Å²) in [5, 5.41) is 10.9. The zero-order valence-electron chi connectivity index (χ0n) is 19.3. The van der Waals surface area contributed by atoms with Crippen LogP contribution in [-0.2, 0) is 6.54 Å². The number of para-hydroxylation sites is 2. The van der Waals surface area contributed by atoms with E-state index in [4.69, 9.17) is 4.74 Å². The lowest BCUT2D eigenvalue weighted by Gasteiger charge is -2.41. The molecule has 3 aromatic rings. The van der Waals surface area contributed by atoms with E-state index in [1.807, 2.05) is 49.1 Å². The highest BCUT2D eigenvalue weighted by atomic mass is 19.1. The molecule has 1 N–H and O–H groups in total.